The predicted octanol–water partition coefficient (Wildman–Crippen LogP) is 7.98. The number of hydrogen-bond donors (Lipinski definition) is 1. The van der Waals surface area contributed by atoms with E-state index in [9.17, 15) is 0 Å². The molecule has 2 heteroatoms. The smallest absolute Gasteiger partial charge is 0.0461 e. The lowest BCUT2D eigenvalue weighted by Gasteiger charge is -2.27. The van der Waals surface area contributed by atoms with Gasteiger partial charge in [-0.25, -0.2) is 0 Å². The van der Waals surface area contributed by atoms with Crippen LogP contribution in [0.3, 0.4) is 0 Å². The summed E-state index contributed by atoms with van der Waals surface area (Å²) in [6.07, 6.45) is 16.8. The molecule has 3 aromatic carbocycles. The maximum absolute atomic E-state index is 5.92. The predicted molar refractivity (Wildman–Crippen MR) is 145 cm³/mol. The first-order valence-electron chi connectivity index (χ1n) is 11.7. The second-order valence-corrected chi connectivity index (χ2v) is 7.75. The Morgan fingerprint density at radius 1 is 0.788 bits per heavy atom. The van der Waals surface area contributed by atoms with Gasteiger partial charge in [0.15, 0.2) is 0 Å². The number of anilines is 2. The lowest BCUT2D eigenvalue weighted by Crippen LogP contribution is -2.16. The molecule has 0 amide bonds. The number of nitrogens with two attached hydrogens (primary N) is 1. The number of allylic oxidation sites excluding steroid dienone is 6. The van der Waals surface area contributed by atoms with Gasteiger partial charge in [-0.05, 0) is 72.9 Å². The van der Waals surface area contributed by atoms with Crippen molar-refractivity contribution in [3.8, 4) is 11.1 Å². The van der Waals surface area contributed by atoms with Gasteiger partial charge in [0.05, 0.1) is 0 Å². The SMILES string of the molecule is C/C=C\C(=C/CN)N(c1ccc(C/C=C\C=C/CC)cc1)c1ccc(-c2ccccc2)cc1. The molecule has 0 atom stereocenters. The lowest BCUT2D eigenvalue weighted by molar-refractivity contribution is 1.15. The largest absolute Gasteiger partial charge is 0.327 e. The Balaban J connectivity index is 1.91. The molecular weight excluding hydrogens is 400 g/mol. The van der Waals surface area contributed by atoms with Gasteiger partial charge in [0.2, 0.25) is 0 Å². The fourth-order valence-electron chi connectivity index (χ4n) is 3.68. The Labute approximate surface area is 199 Å². The van der Waals surface area contributed by atoms with Crippen molar-refractivity contribution in [1.29, 1.82) is 0 Å². The van der Waals surface area contributed by atoms with Crippen molar-refractivity contribution in [2.24, 2.45) is 5.73 Å². The highest BCUT2D eigenvalue weighted by molar-refractivity contribution is 5.73. The number of hydrogen-bond acceptors (Lipinski definition) is 2. The van der Waals surface area contributed by atoms with Gasteiger partial charge in [-0.2, -0.15) is 0 Å². The van der Waals surface area contributed by atoms with E-state index in [1.165, 1.54) is 16.7 Å². The van der Waals surface area contributed by atoms with Crippen LogP contribution in [0.4, 0.5) is 11.4 Å². The molecule has 3 rings (SSSR count). The first kappa shape index (κ1) is 24.0. The summed E-state index contributed by atoms with van der Waals surface area (Å²) in [7, 11) is 0. The minimum absolute atomic E-state index is 0.479. The Bertz CT molecular complexity index is 1090. The van der Waals surface area contributed by atoms with Crippen molar-refractivity contribution in [1.82, 2.24) is 0 Å². The molecule has 33 heavy (non-hydrogen) atoms. The van der Waals surface area contributed by atoms with E-state index in [1.54, 1.807) is 0 Å². The van der Waals surface area contributed by atoms with E-state index in [0.717, 1.165) is 29.9 Å². The Hall–Kier alpha value is -3.62. The maximum Gasteiger partial charge on any atom is 0.0461 e. The highest BCUT2D eigenvalue weighted by Gasteiger charge is 2.13. The van der Waals surface area contributed by atoms with Crippen LogP contribution in [0, 0.1) is 0 Å². The number of nitrogens with zero attached hydrogens (tertiary/aromatic N) is 1. The minimum Gasteiger partial charge on any atom is -0.327 e. The molecule has 0 aliphatic heterocycles. The van der Waals surface area contributed by atoms with Crippen molar-refractivity contribution in [3.05, 3.63) is 133 Å². The molecule has 0 spiro atoms. The van der Waals surface area contributed by atoms with Gasteiger partial charge in [0.1, 0.15) is 0 Å². The van der Waals surface area contributed by atoms with Gasteiger partial charge in [-0.1, -0.05) is 91.9 Å². The third-order valence-electron chi connectivity index (χ3n) is 5.32. The topological polar surface area (TPSA) is 29.3 Å². The van der Waals surface area contributed by atoms with Crippen molar-refractivity contribution in [3.63, 3.8) is 0 Å². The van der Waals surface area contributed by atoms with Gasteiger partial charge in [0, 0.05) is 23.6 Å². The van der Waals surface area contributed by atoms with Crippen molar-refractivity contribution in [2.45, 2.75) is 26.7 Å². The van der Waals surface area contributed by atoms with E-state index in [-0.39, 0.29) is 0 Å². The van der Waals surface area contributed by atoms with Gasteiger partial charge in [0.25, 0.3) is 0 Å². The monoisotopic (exact) mass is 434 g/mol. The molecule has 0 heterocycles. The molecule has 0 aliphatic rings. The van der Waals surface area contributed by atoms with Crippen LogP contribution in [0.1, 0.15) is 25.8 Å². The van der Waals surface area contributed by atoms with E-state index < -0.39 is 0 Å². The first-order valence-corrected chi connectivity index (χ1v) is 11.7. The molecule has 0 fully saturated rings. The molecule has 0 bridgehead atoms. The molecule has 0 unspecified atom stereocenters. The van der Waals surface area contributed by atoms with Crippen LogP contribution in [0.25, 0.3) is 11.1 Å². The highest BCUT2D eigenvalue weighted by atomic mass is 15.1. The quantitative estimate of drug-likeness (QED) is 0.328. The fraction of sp³-hybridized carbons (Fsp3) is 0.161. The van der Waals surface area contributed by atoms with Crippen LogP contribution >= 0.6 is 0 Å². The average Bonchev–Trinajstić information content (AvgIpc) is 2.86. The third kappa shape index (κ3) is 6.93. The molecule has 168 valence electrons. The van der Waals surface area contributed by atoms with Gasteiger partial charge in [-0.15, -0.1) is 0 Å². The summed E-state index contributed by atoms with van der Waals surface area (Å²) in [6, 6.07) is 27.9. The zero-order chi connectivity index (χ0) is 23.3. The summed E-state index contributed by atoms with van der Waals surface area (Å²) in [6.45, 7) is 4.65. The van der Waals surface area contributed by atoms with Crippen LogP contribution < -0.4 is 10.6 Å². The molecule has 0 aliphatic carbocycles. The maximum atomic E-state index is 5.92. The summed E-state index contributed by atoms with van der Waals surface area (Å²) in [5, 5.41) is 0. The Morgan fingerprint density at radius 2 is 1.39 bits per heavy atom. The molecule has 2 nitrogen and oxygen atoms in total. The van der Waals surface area contributed by atoms with E-state index in [2.05, 4.69) is 127 Å². The standard InChI is InChI=1S/C31H34N2/c1-3-5-6-7-9-13-26-16-20-30(21-17-26)33(29(12-4-2)24-25-32)31-22-18-28(19-23-31)27-14-10-8-11-15-27/h4-12,14-24H,3,13,25,32H2,1-2H3/b6-5-,9-7-,12-4-,29-24+. The average molecular weight is 435 g/mol. The molecule has 3 aromatic rings. The minimum atomic E-state index is 0.479. The molecule has 0 saturated heterocycles. The summed E-state index contributed by atoms with van der Waals surface area (Å²) in [5.41, 5.74) is 12.9. The summed E-state index contributed by atoms with van der Waals surface area (Å²) in [4.78, 5) is 2.26. The van der Waals surface area contributed by atoms with E-state index in [4.69, 9.17) is 5.73 Å². The molecular formula is C31H34N2. The first-order chi connectivity index (χ1) is 16.3. The third-order valence-corrected chi connectivity index (χ3v) is 5.32. The van der Waals surface area contributed by atoms with Crippen LogP contribution in [0.15, 0.2) is 127 Å². The molecule has 0 saturated carbocycles. The van der Waals surface area contributed by atoms with Gasteiger partial charge < -0.3 is 10.6 Å². The zero-order valence-corrected chi connectivity index (χ0v) is 19.7. The van der Waals surface area contributed by atoms with E-state index >= 15 is 0 Å². The van der Waals surface area contributed by atoms with E-state index in [1.807, 2.05) is 13.0 Å². The highest BCUT2D eigenvalue weighted by Crippen LogP contribution is 2.32. The zero-order valence-electron chi connectivity index (χ0n) is 19.7. The van der Waals surface area contributed by atoms with Crippen LogP contribution in [-0.2, 0) is 6.42 Å². The number of benzene rings is 3. The summed E-state index contributed by atoms with van der Waals surface area (Å²) in [5.74, 6) is 0. The van der Waals surface area contributed by atoms with Crippen LogP contribution in [0.5, 0.6) is 0 Å². The lowest BCUT2D eigenvalue weighted by atomic mass is 10.0. The fourth-order valence-corrected chi connectivity index (χ4v) is 3.68. The molecule has 0 aromatic heterocycles. The summed E-state index contributed by atoms with van der Waals surface area (Å²) >= 11 is 0. The second kappa shape index (κ2) is 13.0. The Kier molecular flexibility index (Phi) is 9.50. The number of rotatable bonds is 10. The normalized spacial score (nSPS) is 12.3. The van der Waals surface area contributed by atoms with Crippen molar-refractivity contribution in [2.75, 3.05) is 11.4 Å². The van der Waals surface area contributed by atoms with Crippen LogP contribution in [0.2, 0.25) is 0 Å². The summed E-state index contributed by atoms with van der Waals surface area (Å²) < 4.78 is 0. The van der Waals surface area contributed by atoms with E-state index in [0.29, 0.717) is 6.54 Å². The van der Waals surface area contributed by atoms with Gasteiger partial charge >= 0.3 is 0 Å². The van der Waals surface area contributed by atoms with Gasteiger partial charge in [-0.3, -0.25) is 0 Å². The Morgan fingerprint density at radius 3 is 2.00 bits per heavy atom. The molecule has 0 radical (unpaired) electrons. The second-order valence-electron chi connectivity index (χ2n) is 7.75. The van der Waals surface area contributed by atoms with Crippen molar-refractivity contribution < 1.29 is 0 Å². The van der Waals surface area contributed by atoms with Crippen LogP contribution in [-0.4, -0.2) is 6.54 Å². The molecule has 2 N–H and O–H groups in total. The van der Waals surface area contributed by atoms with Crippen molar-refractivity contribution >= 4 is 11.4 Å².